The summed E-state index contributed by atoms with van der Waals surface area (Å²) in [5, 5.41) is 2.10. The second-order valence-electron chi connectivity index (χ2n) is 3.23. The van der Waals surface area contributed by atoms with Crippen LogP contribution in [0.4, 0.5) is 0 Å². The molecule has 0 aliphatic heterocycles. The molecule has 3 nitrogen and oxygen atoms in total. The number of rotatable bonds is 7. The van der Waals surface area contributed by atoms with Crippen molar-refractivity contribution in [3.05, 3.63) is 22.4 Å². The first-order valence-corrected chi connectivity index (χ1v) is 7.75. The first kappa shape index (κ1) is 12.9. The monoisotopic (exact) mass is 246 g/mol. The van der Waals surface area contributed by atoms with Gasteiger partial charge < -0.3 is 13.3 Å². The van der Waals surface area contributed by atoms with E-state index in [-0.39, 0.29) is 0 Å². The average Bonchev–Trinajstić information content (AvgIpc) is 2.78. The summed E-state index contributed by atoms with van der Waals surface area (Å²) in [6, 6.07) is 5.10. The molecule has 0 N–H and O–H groups in total. The highest BCUT2D eigenvalue weighted by atomic mass is 32.1. The van der Waals surface area contributed by atoms with E-state index >= 15 is 0 Å². The third-order valence-corrected chi connectivity index (χ3v) is 6.19. The molecule has 0 aliphatic carbocycles. The van der Waals surface area contributed by atoms with Crippen LogP contribution in [0, 0.1) is 0 Å². The summed E-state index contributed by atoms with van der Waals surface area (Å²) in [6.45, 7) is 0. The Balaban J connectivity index is 2.34. The van der Waals surface area contributed by atoms with Gasteiger partial charge in [0.25, 0.3) is 0 Å². The third-order valence-electron chi connectivity index (χ3n) is 2.42. The highest BCUT2D eigenvalue weighted by Crippen LogP contribution is 2.19. The van der Waals surface area contributed by atoms with E-state index in [1.165, 1.54) is 4.88 Å². The Bertz CT molecular complexity index is 251. The summed E-state index contributed by atoms with van der Waals surface area (Å²) in [4.78, 5) is 1.40. The van der Waals surface area contributed by atoms with Crippen LogP contribution < -0.4 is 0 Å². The van der Waals surface area contributed by atoms with Crippen LogP contribution in [0.25, 0.3) is 0 Å². The Morgan fingerprint density at radius 1 is 1.20 bits per heavy atom. The number of aryl methyl sites for hydroxylation is 1. The normalized spacial score (nSPS) is 11.9. The van der Waals surface area contributed by atoms with Crippen LogP contribution in [0.2, 0.25) is 6.04 Å². The van der Waals surface area contributed by atoms with Crippen LogP contribution in [0.1, 0.15) is 11.3 Å². The lowest BCUT2D eigenvalue weighted by Crippen LogP contribution is -2.42. The summed E-state index contributed by atoms with van der Waals surface area (Å²) < 4.78 is 16.1. The molecular formula is C10H18O3SSi. The minimum absolute atomic E-state index is 0.869. The summed E-state index contributed by atoms with van der Waals surface area (Å²) in [6.07, 6.45) is 2.12. The van der Waals surface area contributed by atoms with Crippen LogP contribution in [0.15, 0.2) is 17.5 Å². The van der Waals surface area contributed by atoms with Gasteiger partial charge in [0, 0.05) is 32.3 Å². The summed E-state index contributed by atoms with van der Waals surface area (Å²) >= 11 is 1.79. The second kappa shape index (κ2) is 6.39. The van der Waals surface area contributed by atoms with Gasteiger partial charge in [0.1, 0.15) is 0 Å². The van der Waals surface area contributed by atoms with Gasteiger partial charge in [-0.3, -0.25) is 0 Å². The van der Waals surface area contributed by atoms with Crippen LogP contribution in [0.3, 0.4) is 0 Å². The van der Waals surface area contributed by atoms with E-state index in [9.17, 15) is 0 Å². The fourth-order valence-corrected chi connectivity index (χ4v) is 3.96. The van der Waals surface area contributed by atoms with Gasteiger partial charge in [-0.2, -0.15) is 0 Å². The molecule has 5 heteroatoms. The molecule has 0 fully saturated rings. The van der Waals surface area contributed by atoms with Gasteiger partial charge >= 0.3 is 8.80 Å². The summed E-state index contributed by atoms with van der Waals surface area (Å²) in [5.41, 5.74) is 0. The molecule has 0 spiro atoms. The van der Waals surface area contributed by atoms with Crippen molar-refractivity contribution in [3.63, 3.8) is 0 Å². The lowest BCUT2D eigenvalue weighted by Gasteiger charge is -2.24. The molecule has 0 saturated heterocycles. The topological polar surface area (TPSA) is 27.7 Å². The molecule has 15 heavy (non-hydrogen) atoms. The van der Waals surface area contributed by atoms with Crippen LogP contribution in [-0.4, -0.2) is 30.1 Å². The zero-order chi connectivity index (χ0) is 11.1. The molecule has 1 aromatic heterocycles. The van der Waals surface area contributed by atoms with Gasteiger partial charge in [-0.15, -0.1) is 11.3 Å². The molecule has 1 heterocycles. The van der Waals surface area contributed by atoms with Crippen molar-refractivity contribution < 1.29 is 13.3 Å². The van der Waals surface area contributed by atoms with Gasteiger partial charge in [-0.05, 0) is 24.3 Å². The van der Waals surface area contributed by atoms with Gasteiger partial charge in [0.15, 0.2) is 0 Å². The molecule has 1 aromatic rings. The largest absolute Gasteiger partial charge is 0.500 e. The predicted octanol–water partition coefficient (Wildman–Crippen LogP) is 2.56. The fourth-order valence-electron chi connectivity index (χ4n) is 1.49. The second-order valence-corrected chi connectivity index (χ2v) is 7.35. The van der Waals surface area contributed by atoms with Crippen LogP contribution in [-0.2, 0) is 19.7 Å². The maximum Gasteiger partial charge on any atom is 0.500 e. The van der Waals surface area contributed by atoms with Crippen LogP contribution >= 0.6 is 11.3 Å². The van der Waals surface area contributed by atoms with Gasteiger partial charge in [-0.25, -0.2) is 0 Å². The van der Waals surface area contributed by atoms with Crippen molar-refractivity contribution >= 4 is 20.1 Å². The Hall–Kier alpha value is -0.203. The summed E-state index contributed by atoms with van der Waals surface area (Å²) in [5.74, 6) is 0. The third kappa shape index (κ3) is 3.69. The Morgan fingerprint density at radius 3 is 2.33 bits per heavy atom. The predicted molar refractivity (Wildman–Crippen MR) is 64.2 cm³/mol. The van der Waals surface area contributed by atoms with Gasteiger partial charge in [-0.1, -0.05) is 6.07 Å². The molecule has 0 aliphatic rings. The highest BCUT2D eigenvalue weighted by molar-refractivity contribution is 7.09. The molecule has 0 unspecified atom stereocenters. The van der Waals surface area contributed by atoms with Crippen molar-refractivity contribution in [1.82, 2.24) is 0 Å². The van der Waals surface area contributed by atoms with E-state index in [2.05, 4.69) is 17.5 Å². The van der Waals surface area contributed by atoms with E-state index in [0.29, 0.717) is 0 Å². The first-order chi connectivity index (χ1) is 7.26. The standard InChI is InChI=1S/C10H18O3SSi/c1-11-15(12-2,13-3)9-5-7-10-6-4-8-14-10/h4,6,8H,5,7,9H2,1-3H3. The minimum atomic E-state index is -2.35. The lowest BCUT2D eigenvalue weighted by molar-refractivity contribution is 0.123. The molecule has 0 amide bonds. The van der Waals surface area contributed by atoms with Crippen molar-refractivity contribution in [2.45, 2.75) is 18.9 Å². The van der Waals surface area contributed by atoms with Crippen molar-refractivity contribution in [3.8, 4) is 0 Å². The highest BCUT2D eigenvalue weighted by Gasteiger charge is 2.36. The first-order valence-electron chi connectivity index (χ1n) is 4.94. The Labute approximate surface area is 96.4 Å². The molecule has 0 bridgehead atoms. The minimum Gasteiger partial charge on any atom is -0.377 e. The van der Waals surface area contributed by atoms with E-state index in [1.54, 1.807) is 32.7 Å². The number of thiophene rings is 1. The van der Waals surface area contributed by atoms with Crippen LogP contribution in [0.5, 0.6) is 0 Å². The van der Waals surface area contributed by atoms with Crippen molar-refractivity contribution in [2.24, 2.45) is 0 Å². The average molecular weight is 246 g/mol. The lowest BCUT2D eigenvalue weighted by atomic mass is 10.3. The molecule has 86 valence electrons. The maximum absolute atomic E-state index is 5.35. The van der Waals surface area contributed by atoms with E-state index in [1.807, 2.05) is 0 Å². The zero-order valence-corrected chi connectivity index (χ0v) is 11.3. The number of hydrogen-bond acceptors (Lipinski definition) is 4. The number of hydrogen-bond donors (Lipinski definition) is 0. The van der Waals surface area contributed by atoms with Gasteiger partial charge in [0.2, 0.25) is 0 Å². The Kier molecular flexibility index (Phi) is 5.48. The van der Waals surface area contributed by atoms with E-state index < -0.39 is 8.80 Å². The fraction of sp³-hybridized carbons (Fsp3) is 0.600. The van der Waals surface area contributed by atoms with Crippen molar-refractivity contribution in [1.29, 1.82) is 0 Å². The molecule has 0 radical (unpaired) electrons. The maximum atomic E-state index is 5.35. The van der Waals surface area contributed by atoms with Gasteiger partial charge in [0.05, 0.1) is 0 Å². The molecule has 0 saturated carbocycles. The molecule has 0 atom stereocenters. The van der Waals surface area contributed by atoms with Crippen molar-refractivity contribution in [2.75, 3.05) is 21.3 Å². The smallest absolute Gasteiger partial charge is 0.377 e. The zero-order valence-electron chi connectivity index (χ0n) is 9.49. The molecule has 1 rings (SSSR count). The summed E-state index contributed by atoms with van der Waals surface area (Å²) in [7, 11) is 2.63. The van der Waals surface area contributed by atoms with E-state index in [4.69, 9.17) is 13.3 Å². The Morgan fingerprint density at radius 2 is 1.87 bits per heavy atom. The van der Waals surface area contributed by atoms with E-state index in [0.717, 1.165) is 18.9 Å². The molecular weight excluding hydrogens is 228 g/mol. The SMILES string of the molecule is CO[Si](CCCc1cccs1)(OC)OC. The quantitative estimate of drug-likeness (QED) is 0.692. The molecule has 0 aromatic carbocycles.